The normalized spacial score (nSPS) is 12.0. The first-order valence-electron chi connectivity index (χ1n) is 6.85. The number of carbonyl (C=O) groups excluding carboxylic acids is 1. The third-order valence-electron chi connectivity index (χ3n) is 2.82. The summed E-state index contributed by atoms with van der Waals surface area (Å²) in [6.45, 7) is 5.72. The lowest BCUT2D eigenvalue weighted by atomic mass is 10.1. The number of benzene rings is 1. The van der Waals surface area contributed by atoms with E-state index in [1.807, 2.05) is 31.2 Å². The van der Waals surface area contributed by atoms with E-state index in [0.29, 0.717) is 26.3 Å². The summed E-state index contributed by atoms with van der Waals surface area (Å²) < 4.78 is 5.33. The molecule has 20 heavy (non-hydrogen) atoms. The van der Waals surface area contributed by atoms with E-state index in [0.717, 1.165) is 11.1 Å². The van der Waals surface area contributed by atoms with Gasteiger partial charge in [-0.2, -0.15) is 0 Å². The number of ether oxygens (including phenoxy) is 1. The number of aliphatic hydroxyl groups excluding tert-OH is 1. The Labute approximate surface area is 120 Å². The van der Waals surface area contributed by atoms with E-state index in [-0.39, 0.29) is 6.03 Å². The summed E-state index contributed by atoms with van der Waals surface area (Å²) in [7, 11) is 1.66. The zero-order valence-corrected chi connectivity index (χ0v) is 12.4. The number of urea groups is 1. The van der Waals surface area contributed by atoms with E-state index in [4.69, 9.17) is 4.74 Å². The van der Waals surface area contributed by atoms with Crippen LogP contribution in [0.5, 0.6) is 0 Å². The molecule has 0 fully saturated rings. The molecule has 0 bridgehead atoms. The molecule has 5 heteroatoms. The molecule has 2 amide bonds. The number of likely N-dealkylation sites (N-methyl/N-ethyl adjacent to an activating group) is 1. The molecule has 1 unspecified atom stereocenters. The van der Waals surface area contributed by atoms with Crippen LogP contribution in [-0.4, -0.2) is 42.3 Å². The van der Waals surface area contributed by atoms with Crippen molar-refractivity contribution >= 4 is 6.03 Å². The van der Waals surface area contributed by atoms with E-state index in [9.17, 15) is 9.90 Å². The molecule has 0 aliphatic heterocycles. The molecule has 1 aromatic rings. The molecule has 1 atom stereocenters. The maximum atomic E-state index is 11.7. The zero-order chi connectivity index (χ0) is 15.0. The number of aliphatic hydroxyl groups is 1. The third kappa shape index (κ3) is 6.04. The Balaban J connectivity index is 2.39. The summed E-state index contributed by atoms with van der Waals surface area (Å²) in [5.41, 5.74) is 2.15. The zero-order valence-electron chi connectivity index (χ0n) is 12.4. The third-order valence-corrected chi connectivity index (χ3v) is 2.82. The maximum absolute atomic E-state index is 11.7. The first kappa shape index (κ1) is 16.5. The second kappa shape index (κ2) is 8.55. The highest BCUT2D eigenvalue weighted by Crippen LogP contribution is 2.06. The summed E-state index contributed by atoms with van der Waals surface area (Å²) in [5, 5.41) is 12.0. The Morgan fingerprint density at radius 3 is 2.50 bits per heavy atom. The molecule has 0 saturated carbocycles. The summed E-state index contributed by atoms with van der Waals surface area (Å²) in [6, 6.07) is 7.75. The van der Waals surface area contributed by atoms with Crippen molar-refractivity contribution in [1.82, 2.24) is 10.2 Å². The minimum atomic E-state index is -0.524. The summed E-state index contributed by atoms with van der Waals surface area (Å²) >= 11 is 0. The molecule has 5 nitrogen and oxygen atoms in total. The number of hydrogen-bond donors (Lipinski definition) is 2. The Morgan fingerprint density at radius 1 is 1.35 bits per heavy atom. The van der Waals surface area contributed by atoms with Gasteiger partial charge in [-0.1, -0.05) is 24.3 Å². The van der Waals surface area contributed by atoms with Gasteiger partial charge in [0, 0.05) is 26.7 Å². The second-order valence-corrected chi connectivity index (χ2v) is 4.84. The quantitative estimate of drug-likeness (QED) is 0.800. The van der Waals surface area contributed by atoms with Gasteiger partial charge in [-0.25, -0.2) is 4.79 Å². The van der Waals surface area contributed by atoms with Crippen LogP contribution in [0, 0.1) is 0 Å². The van der Waals surface area contributed by atoms with Gasteiger partial charge >= 0.3 is 6.03 Å². The van der Waals surface area contributed by atoms with Crippen LogP contribution in [-0.2, 0) is 17.9 Å². The van der Waals surface area contributed by atoms with Crippen LogP contribution < -0.4 is 5.32 Å². The van der Waals surface area contributed by atoms with E-state index in [1.165, 1.54) is 4.90 Å². The van der Waals surface area contributed by atoms with E-state index in [2.05, 4.69) is 5.32 Å². The first-order chi connectivity index (χ1) is 9.52. The Bertz CT molecular complexity index is 404. The number of nitrogens with zero attached hydrogens (tertiary/aromatic N) is 1. The highest BCUT2D eigenvalue weighted by Gasteiger charge is 2.09. The van der Waals surface area contributed by atoms with Gasteiger partial charge in [0.1, 0.15) is 0 Å². The van der Waals surface area contributed by atoms with Crippen LogP contribution in [0.3, 0.4) is 0 Å². The van der Waals surface area contributed by atoms with Gasteiger partial charge in [0.25, 0.3) is 0 Å². The Kier molecular flexibility index (Phi) is 7.04. The smallest absolute Gasteiger partial charge is 0.317 e. The van der Waals surface area contributed by atoms with Gasteiger partial charge in [-0.05, 0) is 25.0 Å². The van der Waals surface area contributed by atoms with Crippen molar-refractivity contribution in [2.45, 2.75) is 33.1 Å². The lowest BCUT2D eigenvalue weighted by Gasteiger charge is -2.19. The summed E-state index contributed by atoms with van der Waals surface area (Å²) in [6.07, 6.45) is -0.524. The summed E-state index contributed by atoms with van der Waals surface area (Å²) in [4.78, 5) is 13.2. The van der Waals surface area contributed by atoms with Crippen molar-refractivity contribution < 1.29 is 14.6 Å². The van der Waals surface area contributed by atoms with Gasteiger partial charge in [0.2, 0.25) is 0 Å². The SMILES string of the molecule is CCOCc1ccc(CNC(=O)N(C)CC(C)O)cc1. The van der Waals surface area contributed by atoms with E-state index >= 15 is 0 Å². The highest BCUT2D eigenvalue weighted by atomic mass is 16.5. The van der Waals surface area contributed by atoms with Crippen molar-refractivity contribution in [2.75, 3.05) is 20.2 Å². The molecule has 0 aliphatic carbocycles. The summed E-state index contributed by atoms with van der Waals surface area (Å²) in [5.74, 6) is 0. The van der Waals surface area contributed by atoms with Crippen molar-refractivity contribution in [3.8, 4) is 0 Å². The number of hydrogen-bond acceptors (Lipinski definition) is 3. The predicted molar refractivity (Wildman–Crippen MR) is 78.3 cm³/mol. The molecule has 1 rings (SSSR count). The largest absolute Gasteiger partial charge is 0.392 e. The highest BCUT2D eigenvalue weighted by molar-refractivity contribution is 5.73. The Morgan fingerprint density at radius 2 is 1.95 bits per heavy atom. The number of nitrogens with one attached hydrogen (secondary N) is 1. The Hall–Kier alpha value is -1.59. The fourth-order valence-corrected chi connectivity index (χ4v) is 1.77. The van der Waals surface area contributed by atoms with Crippen molar-refractivity contribution in [3.63, 3.8) is 0 Å². The maximum Gasteiger partial charge on any atom is 0.317 e. The molecule has 0 aromatic heterocycles. The lowest BCUT2D eigenvalue weighted by molar-refractivity contribution is 0.134. The van der Waals surface area contributed by atoms with Crippen LogP contribution in [0.25, 0.3) is 0 Å². The van der Waals surface area contributed by atoms with Crippen molar-refractivity contribution in [3.05, 3.63) is 35.4 Å². The predicted octanol–water partition coefficient (Wildman–Crippen LogP) is 1.75. The van der Waals surface area contributed by atoms with Crippen molar-refractivity contribution in [1.29, 1.82) is 0 Å². The number of carbonyl (C=O) groups is 1. The molecule has 0 radical (unpaired) electrons. The second-order valence-electron chi connectivity index (χ2n) is 4.84. The molecule has 0 spiro atoms. The monoisotopic (exact) mass is 280 g/mol. The molecule has 112 valence electrons. The molecule has 0 aliphatic rings. The average molecular weight is 280 g/mol. The lowest BCUT2D eigenvalue weighted by Crippen LogP contribution is -2.40. The van der Waals surface area contributed by atoms with E-state index in [1.54, 1.807) is 14.0 Å². The van der Waals surface area contributed by atoms with Crippen LogP contribution in [0.1, 0.15) is 25.0 Å². The van der Waals surface area contributed by atoms with Crippen molar-refractivity contribution in [2.24, 2.45) is 0 Å². The topological polar surface area (TPSA) is 61.8 Å². The van der Waals surface area contributed by atoms with Gasteiger partial charge in [-0.3, -0.25) is 0 Å². The molecule has 2 N–H and O–H groups in total. The van der Waals surface area contributed by atoms with E-state index < -0.39 is 6.10 Å². The standard InChI is InChI=1S/C15H24N2O3/c1-4-20-11-14-7-5-13(6-8-14)9-16-15(19)17(3)10-12(2)18/h5-8,12,18H,4,9-11H2,1-3H3,(H,16,19). The molecule has 1 aromatic carbocycles. The molecular formula is C15H24N2O3. The van der Waals surface area contributed by atoms with Crippen LogP contribution >= 0.6 is 0 Å². The number of amides is 2. The van der Waals surface area contributed by atoms with Gasteiger partial charge in [0.15, 0.2) is 0 Å². The fraction of sp³-hybridized carbons (Fsp3) is 0.533. The van der Waals surface area contributed by atoms with Gasteiger partial charge < -0.3 is 20.1 Å². The van der Waals surface area contributed by atoms with Crippen LogP contribution in [0.2, 0.25) is 0 Å². The number of rotatable bonds is 7. The van der Waals surface area contributed by atoms with Crippen LogP contribution in [0.15, 0.2) is 24.3 Å². The van der Waals surface area contributed by atoms with Crippen LogP contribution in [0.4, 0.5) is 4.79 Å². The van der Waals surface area contributed by atoms with Gasteiger partial charge in [0.05, 0.1) is 12.7 Å². The first-order valence-corrected chi connectivity index (χ1v) is 6.85. The minimum absolute atomic E-state index is 0.190. The fourth-order valence-electron chi connectivity index (χ4n) is 1.77. The average Bonchev–Trinajstić information content (AvgIpc) is 2.42. The minimum Gasteiger partial charge on any atom is -0.392 e. The molecule has 0 heterocycles. The molecule has 0 saturated heterocycles. The van der Waals surface area contributed by atoms with Gasteiger partial charge in [-0.15, -0.1) is 0 Å². The molecular weight excluding hydrogens is 256 g/mol.